The second-order valence-corrected chi connectivity index (χ2v) is 7.64. The third-order valence-corrected chi connectivity index (χ3v) is 4.66. The SMILES string of the molecule is CCCNC(Cc1nc(C(C)(C)C)cs1)C1CCCO1. The van der Waals surface area contributed by atoms with E-state index < -0.39 is 0 Å². The lowest BCUT2D eigenvalue weighted by atomic mass is 9.93. The molecular formula is C16H28N2OS. The lowest BCUT2D eigenvalue weighted by Crippen LogP contribution is -2.41. The van der Waals surface area contributed by atoms with Gasteiger partial charge in [0, 0.05) is 29.9 Å². The summed E-state index contributed by atoms with van der Waals surface area (Å²) in [7, 11) is 0. The van der Waals surface area contributed by atoms with Gasteiger partial charge >= 0.3 is 0 Å². The van der Waals surface area contributed by atoms with Crippen molar-refractivity contribution in [2.45, 2.75) is 70.9 Å². The Balaban J connectivity index is 2.01. The molecule has 0 radical (unpaired) electrons. The largest absolute Gasteiger partial charge is 0.377 e. The first-order valence-electron chi connectivity index (χ1n) is 7.80. The Morgan fingerprint density at radius 1 is 1.50 bits per heavy atom. The lowest BCUT2D eigenvalue weighted by Gasteiger charge is -2.23. The second-order valence-electron chi connectivity index (χ2n) is 6.69. The molecule has 2 rings (SSSR count). The summed E-state index contributed by atoms with van der Waals surface area (Å²) in [6, 6.07) is 0.413. The van der Waals surface area contributed by atoms with E-state index in [9.17, 15) is 0 Å². The fourth-order valence-electron chi connectivity index (χ4n) is 2.52. The molecule has 1 aromatic heterocycles. The zero-order chi connectivity index (χ0) is 14.6. The van der Waals surface area contributed by atoms with Crippen LogP contribution in [-0.2, 0) is 16.6 Å². The fraction of sp³-hybridized carbons (Fsp3) is 0.812. The number of nitrogens with zero attached hydrogens (tertiary/aromatic N) is 1. The van der Waals surface area contributed by atoms with Crippen LogP contribution >= 0.6 is 11.3 Å². The standard InChI is InChI=1S/C16H28N2OS/c1-5-8-17-12(13-7-6-9-19-13)10-15-18-14(11-20-15)16(2,3)4/h11-13,17H,5-10H2,1-4H3. The van der Waals surface area contributed by atoms with Crippen molar-refractivity contribution in [1.82, 2.24) is 10.3 Å². The fourth-order valence-corrected chi connectivity index (χ4v) is 3.60. The van der Waals surface area contributed by atoms with Crippen LogP contribution in [0.25, 0.3) is 0 Å². The van der Waals surface area contributed by atoms with Gasteiger partial charge in [0.05, 0.1) is 16.8 Å². The summed E-state index contributed by atoms with van der Waals surface area (Å²) >= 11 is 1.79. The number of rotatable bonds is 6. The van der Waals surface area contributed by atoms with E-state index in [1.165, 1.54) is 23.5 Å². The summed E-state index contributed by atoms with van der Waals surface area (Å²) in [5.74, 6) is 0. The topological polar surface area (TPSA) is 34.2 Å². The van der Waals surface area contributed by atoms with Crippen molar-refractivity contribution in [3.63, 3.8) is 0 Å². The number of ether oxygens (including phenoxy) is 1. The molecule has 0 spiro atoms. The van der Waals surface area contributed by atoms with Crippen LogP contribution in [0.15, 0.2) is 5.38 Å². The molecule has 4 heteroatoms. The number of aromatic nitrogens is 1. The van der Waals surface area contributed by atoms with Gasteiger partial charge in [-0.15, -0.1) is 11.3 Å². The van der Waals surface area contributed by atoms with Gasteiger partial charge in [-0.3, -0.25) is 0 Å². The number of hydrogen-bond donors (Lipinski definition) is 1. The third kappa shape index (κ3) is 4.27. The van der Waals surface area contributed by atoms with Gasteiger partial charge in [0.25, 0.3) is 0 Å². The van der Waals surface area contributed by atoms with Crippen molar-refractivity contribution < 1.29 is 4.74 Å². The summed E-state index contributed by atoms with van der Waals surface area (Å²) in [5, 5.41) is 7.09. The van der Waals surface area contributed by atoms with Gasteiger partial charge in [0.2, 0.25) is 0 Å². The predicted molar refractivity (Wildman–Crippen MR) is 85.6 cm³/mol. The molecule has 0 aromatic carbocycles. The van der Waals surface area contributed by atoms with Crippen molar-refractivity contribution in [1.29, 1.82) is 0 Å². The lowest BCUT2D eigenvalue weighted by molar-refractivity contribution is 0.0783. The smallest absolute Gasteiger partial charge is 0.0945 e. The highest BCUT2D eigenvalue weighted by Crippen LogP contribution is 2.26. The Hall–Kier alpha value is -0.450. The maximum Gasteiger partial charge on any atom is 0.0945 e. The van der Waals surface area contributed by atoms with E-state index in [2.05, 4.69) is 38.4 Å². The van der Waals surface area contributed by atoms with Gasteiger partial charge in [-0.2, -0.15) is 0 Å². The second kappa shape index (κ2) is 7.01. The molecule has 3 nitrogen and oxygen atoms in total. The van der Waals surface area contributed by atoms with Gasteiger partial charge < -0.3 is 10.1 Å². The van der Waals surface area contributed by atoms with E-state index >= 15 is 0 Å². The molecule has 1 N–H and O–H groups in total. The van der Waals surface area contributed by atoms with Gasteiger partial charge in [-0.25, -0.2) is 4.98 Å². The van der Waals surface area contributed by atoms with Crippen LogP contribution in [0, 0.1) is 0 Å². The number of nitrogens with one attached hydrogen (secondary N) is 1. The summed E-state index contributed by atoms with van der Waals surface area (Å²) < 4.78 is 5.87. The van der Waals surface area contributed by atoms with Crippen LogP contribution in [0.4, 0.5) is 0 Å². The molecular weight excluding hydrogens is 268 g/mol. The van der Waals surface area contributed by atoms with Crippen molar-refractivity contribution >= 4 is 11.3 Å². The van der Waals surface area contributed by atoms with Crippen molar-refractivity contribution in [3.8, 4) is 0 Å². The van der Waals surface area contributed by atoms with Crippen LogP contribution in [-0.4, -0.2) is 30.3 Å². The Labute approximate surface area is 127 Å². The first kappa shape index (κ1) is 15.9. The molecule has 2 atom stereocenters. The molecule has 0 saturated carbocycles. The molecule has 0 aliphatic carbocycles. The predicted octanol–water partition coefficient (Wildman–Crippen LogP) is 3.53. The van der Waals surface area contributed by atoms with Crippen LogP contribution in [0.1, 0.15) is 57.7 Å². The quantitative estimate of drug-likeness (QED) is 0.872. The van der Waals surface area contributed by atoms with Crippen LogP contribution in [0.5, 0.6) is 0 Å². The summed E-state index contributed by atoms with van der Waals surface area (Å²) in [6.45, 7) is 10.8. The Bertz CT molecular complexity index is 405. The van der Waals surface area contributed by atoms with Gasteiger partial charge in [0.1, 0.15) is 0 Å². The average molecular weight is 296 g/mol. The average Bonchev–Trinajstić information content (AvgIpc) is 3.04. The summed E-state index contributed by atoms with van der Waals surface area (Å²) in [4.78, 5) is 4.82. The Kier molecular flexibility index (Phi) is 5.58. The van der Waals surface area contributed by atoms with E-state index in [1.807, 2.05) is 0 Å². The summed E-state index contributed by atoms with van der Waals surface area (Å²) in [6.07, 6.45) is 4.89. The van der Waals surface area contributed by atoms with Crippen LogP contribution in [0.3, 0.4) is 0 Å². The van der Waals surface area contributed by atoms with Crippen molar-refractivity contribution in [3.05, 3.63) is 16.1 Å². The Morgan fingerprint density at radius 3 is 2.85 bits per heavy atom. The highest BCUT2D eigenvalue weighted by atomic mass is 32.1. The Morgan fingerprint density at radius 2 is 2.30 bits per heavy atom. The maximum absolute atomic E-state index is 5.87. The first-order chi connectivity index (χ1) is 9.50. The third-order valence-electron chi connectivity index (χ3n) is 3.78. The first-order valence-corrected chi connectivity index (χ1v) is 8.68. The zero-order valence-corrected chi connectivity index (χ0v) is 14.1. The minimum atomic E-state index is 0.144. The summed E-state index contributed by atoms with van der Waals surface area (Å²) in [5.41, 5.74) is 1.35. The van der Waals surface area contributed by atoms with E-state index in [0.29, 0.717) is 12.1 Å². The number of thiazole rings is 1. The van der Waals surface area contributed by atoms with Gasteiger partial charge in [-0.1, -0.05) is 27.7 Å². The van der Waals surface area contributed by atoms with Crippen LogP contribution < -0.4 is 5.32 Å². The molecule has 20 heavy (non-hydrogen) atoms. The highest BCUT2D eigenvalue weighted by Gasteiger charge is 2.27. The minimum Gasteiger partial charge on any atom is -0.377 e. The molecule has 1 aromatic rings. The monoisotopic (exact) mass is 296 g/mol. The van der Waals surface area contributed by atoms with E-state index in [0.717, 1.165) is 26.0 Å². The molecule has 2 unspecified atom stereocenters. The van der Waals surface area contributed by atoms with Gasteiger partial charge in [0.15, 0.2) is 0 Å². The van der Waals surface area contributed by atoms with Crippen LogP contribution in [0.2, 0.25) is 0 Å². The van der Waals surface area contributed by atoms with Gasteiger partial charge in [-0.05, 0) is 25.8 Å². The normalized spacial score (nSPS) is 21.3. The molecule has 114 valence electrons. The number of hydrogen-bond acceptors (Lipinski definition) is 4. The molecule has 1 saturated heterocycles. The molecule has 1 aliphatic heterocycles. The maximum atomic E-state index is 5.87. The zero-order valence-electron chi connectivity index (χ0n) is 13.2. The van der Waals surface area contributed by atoms with Crippen molar-refractivity contribution in [2.24, 2.45) is 0 Å². The molecule has 1 fully saturated rings. The highest BCUT2D eigenvalue weighted by molar-refractivity contribution is 7.09. The molecule has 1 aliphatic rings. The molecule has 0 bridgehead atoms. The minimum absolute atomic E-state index is 0.144. The van der Waals surface area contributed by atoms with E-state index in [-0.39, 0.29) is 5.41 Å². The van der Waals surface area contributed by atoms with E-state index in [1.54, 1.807) is 11.3 Å². The molecule has 0 amide bonds. The molecule has 2 heterocycles. The van der Waals surface area contributed by atoms with Crippen molar-refractivity contribution in [2.75, 3.05) is 13.2 Å². The van der Waals surface area contributed by atoms with E-state index in [4.69, 9.17) is 9.72 Å².